The fourth-order valence-electron chi connectivity index (χ4n) is 2.87. The maximum Gasteiger partial charge on any atom is 0.0576 e. The van der Waals surface area contributed by atoms with Gasteiger partial charge in [-0.05, 0) is 68.8 Å². The Morgan fingerprint density at radius 2 is 2.15 bits per heavy atom. The highest BCUT2D eigenvalue weighted by molar-refractivity contribution is 9.10. The van der Waals surface area contributed by atoms with Gasteiger partial charge in [-0.3, -0.25) is 0 Å². The average Bonchev–Trinajstić information content (AvgIpc) is 2.97. The molecule has 0 aromatic heterocycles. The molecule has 1 aromatic rings. The van der Waals surface area contributed by atoms with Crippen molar-refractivity contribution in [1.82, 2.24) is 5.32 Å². The highest BCUT2D eigenvalue weighted by Gasteiger charge is 2.18. The van der Waals surface area contributed by atoms with Gasteiger partial charge in [0.2, 0.25) is 0 Å². The minimum absolute atomic E-state index is 0.518. The largest absolute Gasteiger partial charge is 0.378 e. The third-order valence-corrected chi connectivity index (χ3v) is 4.57. The summed E-state index contributed by atoms with van der Waals surface area (Å²) in [7, 11) is 0. The van der Waals surface area contributed by atoms with E-state index in [-0.39, 0.29) is 0 Å². The Labute approximate surface area is 131 Å². The molecule has 20 heavy (non-hydrogen) atoms. The van der Waals surface area contributed by atoms with Crippen molar-refractivity contribution in [3.05, 3.63) is 34.3 Å². The Morgan fingerprint density at radius 3 is 2.80 bits per heavy atom. The van der Waals surface area contributed by atoms with E-state index in [0.717, 1.165) is 30.6 Å². The number of ether oxygens (including phenoxy) is 1. The van der Waals surface area contributed by atoms with E-state index in [1.54, 1.807) is 0 Å². The predicted molar refractivity (Wildman–Crippen MR) is 88.1 cm³/mol. The number of rotatable bonds is 8. The summed E-state index contributed by atoms with van der Waals surface area (Å²) < 4.78 is 6.90. The lowest BCUT2D eigenvalue weighted by atomic mass is 9.93. The van der Waals surface area contributed by atoms with E-state index in [9.17, 15) is 0 Å². The van der Waals surface area contributed by atoms with E-state index < -0.39 is 0 Å². The van der Waals surface area contributed by atoms with Crippen LogP contribution in [0.5, 0.6) is 0 Å². The Balaban J connectivity index is 1.83. The summed E-state index contributed by atoms with van der Waals surface area (Å²) in [6, 6.07) is 8.74. The van der Waals surface area contributed by atoms with Crippen LogP contribution in [0.3, 0.4) is 0 Å². The highest BCUT2D eigenvalue weighted by atomic mass is 79.9. The molecule has 0 saturated carbocycles. The average molecular weight is 340 g/mol. The second-order valence-corrected chi connectivity index (χ2v) is 6.63. The molecule has 0 spiro atoms. The van der Waals surface area contributed by atoms with Crippen LogP contribution in [-0.4, -0.2) is 25.8 Å². The molecule has 0 amide bonds. The molecule has 1 N–H and O–H groups in total. The van der Waals surface area contributed by atoms with Crippen LogP contribution in [-0.2, 0) is 11.2 Å². The fraction of sp³-hybridized carbons (Fsp3) is 0.647. The van der Waals surface area contributed by atoms with Gasteiger partial charge in [-0.25, -0.2) is 0 Å². The maximum absolute atomic E-state index is 5.75. The SMILES string of the molecule is CCNCC(CCC1CCCO1)Cc1ccc(Br)cc1. The molecule has 1 fully saturated rings. The first kappa shape index (κ1) is 16.0. The highest BCUT2D eigenvalue weighted by Crippen LogP contribution is 2.22. The van der Waals surface area contributed by atoms with Crippen molar-refractivity contribution in [1.29, 1.82) is 0 Å². The molecule has 112 valence electrons. The molecular formula is C17H26BrNO. The number of hydrogen-bond acceptors (Lipinski definition) is 2. The first-order valence-electron chi connectivity index (χ1n) is 7.84. The first-order chi connectivity index (χ1) is 9.78. The van der Waals surface area contributed by atoms with Crippen molar-refractivity contribution in [3.63, 3.8) is 0 Å². The summed E-state index contributed by atoms with van der Waals surface area (Å²) in [5, 5.41) is 3.51. The van der Waals surface area contributed by atoms with Crippen LogP contribution in [0, 0.1) is 5.92 Å². The van der Waals surface area contributed by atoms with Crippen molar-refractivity contribution in [3.8, 4) is 0 Å². The van der Waals surface area contributed by atoms with Crippen LogP contribution in [0.4, 0.5) is 0 Å². The Bertz CT molecular complexity index is 373. The summed E-state index contributed by atoms with van der Waals surface area (Å²) in [6.07, 6.45) is 6.65. The van der Waals surface area contributed by atoms with Gasteiger partial charge in [0.1, 0.15) is 0 Å². The minimum Gasteiger partial charge on any atom is -0.378 e. The number of benzene rings is 1. The van der Waals surface area contributed by atoms with E-state index >= 15 is 0 Å². The van der Waals surface area contributed by atoms with Gasteiger partial charge < -0.3 is 10.1 Å². The molecule has 2 rings (SSSR count). The lowest BCUT2D eigenvalue weighted by molar-refractivity contribution is 0.0979. The zero-order valence-corrected chi connectivity index (χ0v) is 14.0. The Morgan fingerprint density at radius 1 is 1.35 bits per heavy atom. The van der Waals surface area contributed by atoms with Crippen LogP contribution in [0.2, 0.25) is 0 Å². The zero-order valence-electron chi connectivity index (χ0n) is 12.4. The summed E-state index contributed by atoms with van der Waals surface area (Å²) in [5.41, 5.74) is 1.43. The molecule has 1 aliphatic heterocycles. The van der Waals surface area contributed by atoms with Gasteiger partial charge >= 0.3 is 0 Å². The van der Waals surface area contributed by atoms with Crippen LogP contribution in [0.1, 0.15) is 38.2 Å². The quantitative estimate of drug-likeness (QED) is 0.767. The number of nitrogens with one attached hydrogen (secondary N) is 1. The maximum atomic E-state index is 5.75. The van der Waals surface area contributed by atoms with E-state index in [1.807, 2.05) is 0 Å². The van der Waals surface area contributed by atoms with E-state index in [4.69, 9.17) is 4.74 Å². The third-order valence-electron chi connectivity index (χ3n) is 4.04. The molecule has 2 nitrogen and oxygen atoms in total. The molecule has 1 aromatic carbocycles. The predicted octanol–water partition coefficient (Wildman–Crippen LogP) is 4.18. The molecule has 0 radical (unpaired) electrons. The molecule has 0 bridgehead atoms. The normalized spacial score (nSPS) is 20.2. The monoisotopic (exact) mass is 339 g/mol. The minimum atomic E-state index is 0.518. The smallest absolute Gasteiger partial charge is 0.0576 e. The Hall–Kier alpha value is -0.380. The molecule has 2 unspecified atom stereocenters. The molecule has 1 saturated heterocycles. The van der Waals surface area contributed by atoms with Gasteiger partial charge in [-0.15, -0.1) is 0 Å². The van der Waals surface area contributed by atoms with Crippen LogP contribution >= 0.6 is 15.9 Å². The van der Waals surface area contributed by atoms with Gasteiger partial charge in [-0.1, -0.05) is 35.0 Å². The summed E-state index contributed by atoms with van der Waals surface area (Å²) in [4.78, 5) is 0. The second kappa shape index (κ2) is 8.81. The molecule has 2 atom stereocenters. The van der Waals surface area contributed by atoms with Gasteiger partial charge in [0, 0.05) is 11.1 Å². The molecular weight excluding hydrogens is 314 g/mol. The lowest BCUT2D eigenvalue weighted by Gasteiger charge is -2.19. The third kappa shape index (κ3) is 5.55. The molecule has 1 heterocycles. The van der Waals surface area contributed by atoms with E-state index in [2.05, 4.69) is 52.4 Å². The van der Waals surface area contributed by atoms with Gasteiger partial charge in [0.25, 0.3) is 0 Å². The van der Waals surface area contributed by atoms with Crippen molar-refractivity contribution in [2.24, 2.45) is 5.92 Å². The zero-order chi connectivity index (χ0) is 14.2. The number of halogens is 1. The van der Waals surface area contributed by atoms with Gasteiger partial charge in [0.15, 0.2) is 0 Å². The van der Waals surface area contributed by atoms with E-state index in [0.29, 0.717) is 12.0 Å². The van der Waals surface area contributed by atoms with Crippen LogP contribution in [0.15, 0.2) is 28.7 Å². The van der Waals surface area contributed by atoms with Gasteiger partial charge in [0.05, 0.1) is 6.10 Å². The first-order valence-corrected chi connectivity index (χ1v) is 8.64. The van der Waals surface area contributed by atoms with Crippen molar-refractivity contribution in [2.75, 3.05) is 19.7 Å². The topological polar surface area (TPSA) is 21.3 Å². The fourth-order valence-corrected chi connectivity index (χ4v) is 3.14. The Kier molecular flexibility index (Phi) is 7.05. The van der Waals surface area contributed by atoms with Crippen LogP contribution in [0.25, 0.3) is 0 Å². The van der Waals surface area contributed by atoms with Gasteiger partial charge in [-0.2, -0.15) is 0 Å². The molecule has 3 heteroatoms. The summed E-state index contributed by atoms with van der Waals surface area (Å²) >= 11 is 3.50. The molecule has 1 aliphatic rings. The lowest BCUT2D eigenvalue weighted by Crippen LogP contribution is -2.25. The molecule has 0 aliphatic carbocycles. The standard InChI is InChI=1S/C17H26BrNO/c1-2-19-13-15(7-10-17-4-3-11-20-17)12-14-5-8-16(18)9-6-14/h5-6,8-9,15,17,19H,2-4,7,10-13H2,1H3. The van der Waals surface area contributed by atoms with Crippen LogP contribution < -0.4 is 5.32 Å². The van der Waals surface area contributed by atoms with E-state index in [1.165, 1.54) is 31.2 Å². The summed E-state index contributed by atoms with van der Waals surface area (Å²) in [5.74, 6) is 0.709. The van der Waals surface area contributed by atoms with Crippen molar-refractivity contribution in [2.45, 2.75) is 45.1 Å². The van der Waals surface area contributed by atoms with Crippen molar-refractivity contribution >= 4 is 15.9 Å². The van der Waals surface area contributed by atoms with Crippen molar-refractivity contribution < 1.29 is 4.74 Å². The summed E-state index contributed by atoms with van der Waals surface area (Å²) in [6.45, 7) is 5.31. The number of hydrogen-bond donors (Lipinski definition) is 1. The second-order valence-electron chi connectivity index (χ2n) is 5.72.